The number of halogens is 3. The molecule has 1 saturated heterocycles. The fraction of sp³-hybridized carbons (Fsp3) is 0.312. The van der Waals surface area contributed by atoms with Crippen LogP contribution in [0.4, 0.5) is 14.9 Å². The minimum absolute atomic E-state index is 0.0385. The number of aromatic nitrogens is 2. The van der Waals surface area contributed by atoms with Crippen LogP contribution in [0.25, 0.3) is 0 Å². The molecule has 2 bridgehead atoms. The van der Waals surface area contributed by atoms with E-state index >= 15 is 0 Å². The topological polar surface area (TPSA) is 78.1 Å². The Bertz CT molecular complexity index is 933. The average Bonchev–Trinajstić information content (AvgIpc) is 2.89. The Balaban J connectivity index is 1.64. The Morgan fingerprint density at radius 1 is 1.32 bits per heavy atom. The molecule has 2 atom stereocenters. The second kappa shape index (κ2) is 6.00. The summed E-state index contributed by atoms with van der Waals surface area (Å²) in [6.45, 7) is 0. The number of hydrogen-bond acceptors (Lipinski definition) is 3. The molecule has 0 spiro atoms. The van der Waals surface area contributed by atoms with Crippen LogP contribution in [0.5, 0.6) is 0 Å². The molecule has 2 aromatic rings. The molecule has 9 heteroatoms. The van der Waals surface area contributed by atoms with Gasteiger partial charge in [-0.25, -0.2) is 14.2 Å². The lowest BCUT2D eigenvalue weighted by Gasteiger charge is -2.35. The molecule has 2 amide bonds. The van der Waals surface area contributed by atoms with E-state index in [-0.39, 0.29) is 33.4 Å². The number of amides is 2. The molecule has 4 rings (SSSR count). The Labute approximate surface area is 152 Å². The van der Waals surface area contributed by atoms with Crippen LogP contribution in [-0.4, -0.2) is 26.9 Å². The summed E-state index contributed by atoms with van der Waals surface area (Å²) in [5.41, 5.74) is 1.03. The molecule has 1 aromatic carbocycles. The summed E-state index contributed by atoms with van der Waals surface area (Å²) in [6.07, 6.45) is 3.25. The first kappa shape index (κ1) is 16.4. The first-order valence-corrected chi connectivity index (χ1v) is 8.51. The fourth-order valence-corrected chi connectivity index (χ4v) is 3.93. The molecular weight excluding hydrogens is 370 g/mol. The number of urea groups is 1. The van der Waals surface area contributed by atoms with Gasteiger partial charge in [-0.3, -0.25) is 4.79 Å². The molecule has 2 aliphatic rings. The minimum Gasteiger partial charge on any atom is -0.313 e. The standard InChI is InChI=1S/C16H13Cl2FN4O2/c17-9-4-11(19)12(5-10(9)18)22-16(25)23-7-1-2-13(23)14-8(3-7)15(24)21-6-20-14/h4-7,13H,1-3H2,(H,22,25)(H,20,21,24). The summed E-state index contributed by atoms with van der Waals surface area (Å²) in [5, 5.41) is 2.78. The normalized spacial score (nSPS) is 21.2. The number of fused-ring (bicyclic) bond motifs is 4. The molecule has 0 radical (unpaired) electrons. The van der Waals surface area contributed by atoms with E-state index in [0.29, 0.717) is 24.1 Å². The molecule has 0 saturated carbocycles. The van der Waals surface area contributed by atoms with Gasteiger partial charge in [-0.1, -0.05) is 23.2 Å². The van der Waals surface area contributed by atoms with Gasteiger partial charge in [0.15, 0.2) is 0 Å². The first-order chi connectivity index (χ1) is 12.0. The summed E-state index contributed by atoms with van der Waals surface area (Å²) in [5.74, 6) is -0.665. The molecule has 3 heterocycles. The van der Waals surface area contributed by atoms with Crippen molar-refractivity contribution < 1.29 is 9.18 Å². The maximum atomic E-state index is 14.0. The van der Waals surface area contributed by atoms with E-state index in [2.05, 4.69) is 15.3 Å². The highest BCUT2D eigenvalue weighted by Crippen LogP contribution is 2.42. The second-order valence-electron chi connectivity index (χ2n) is 6.13. The number of hydrogen-bond donors (Lipinski definition) is 2. The van der Waals surface area contributed by atoms with Gasteiger partial charge in [-0.2, -0.15) is 0 Å². The number of H-pyrrole nitrogens is 1. The van der Waals surface area contributed by atoms with Crippen LogP contribution in [-0.2, 0) is 6.42 Å². The zero-order valence-electron chi connectivity index (χ0n) is 12.9. The molecule has 2 N–H and O–H groups in total. The highest BCUT2D eigenvalue weighted by molar-refractivity contribution is 6.42. The van der Waals surface area contributed by atoms with Crippen LogP contribution >= 0.6 is 23.2 Å². The molecular formula is C16H13Cl2FN4O2. The number of rotatable bonds is 1. The van der Waals surface area contributed by atoms with Crippen molar-refractivity contribution in [2.75, 3.05) is 5.32 Å². The number of anilines is 1. The fourth-order valence-electron chi connectivity index (χ4n) is 3.62. The third-order valence-corrected chi connectivity index (χ3v) is 5.45. The van der Waals surface area contributed by atoms with Crippen molar-refractivity contribution in [1.29, 1.82) is 0 Å². The molecule has 130 valence electrons. The van der Waals surface area contributed by atoms with E-state index in [1.54, 1.807) is 4.90 Å². The maximum Gasteiger partial charge on any atom is 0.322 e. The third kappa shape index (κ3) is 2.67. The second-order valence-corrected chi connectivity index (χ2v) is 6.94. The predicted octanol–water partition coefficient (Wildman–Crippen LogP) is 3.51. The Morgan fingerprint density at radius 3 is 2.88 bits per heavy atom. The number of aromatic amines is 1. The van der Waals surface area contributed by atoms with Gasteiger partial charge < -0.3 is 15.2 Å². The van der Waals surface area contributed by atoms with Crippen LogP contribution in [0.15, 0.2) is 23.3 Å². The SMILES string of the molecule is O=C(Nc1cc(Cl)c(Cl)cc1F)N1C2CCC1c1nc[nH]c(=O)c1C2. The van der Waals surface area contributed by atoms with Crippen molar-refractivity contribution in [2.24, 2.45) is 0 Å². The average molecular weight is 383 g/mol. The van der Waals surface area contributed by atoms with Crippen molar-refractivity contribution in [1.82, 2.24) is 14.9 Å². The Morgan fingerprint density at radius 2 is 2.08 bits per heavy atom. The molecule has 1 fully saturated rings. The largest absolute Gasteiger partial charge is 0.322 e. The van der Waals surface area contributed by atoms with Crippen molar-refractivity contribution in [3.63, 3.8) is 0 Å². The van der Waals surface area contributed by atoms with E-state index in [0.717, 1.165) is 12.5 Å². The predicted molar refractivity (Wildman–Crippen MR) is 91.6 cm³/mol. The quantitative estimate of drug-likeness (QED) is 0.740. The zero-order valence-corrected chi connectivity index (χ0v) is 14.4. The van der Waals surface area contributed by atoms with Crippen molar-refractivity contribution in [3.05, 3.63) is 55.9 Å². The zero-order chi connectivity index (χ0) is 17.7. The summed E-state index contributed by atoms with van der Waals surface area (Å²) in [6, 6.07) is 1.48. The number of nitrogens with one attached hydrogen (secondary N) is 2. The monoisotopic (exact) mass is 382 g/mol. The summed E-state index contributed by atoms with van der Waals surface area (Å²) in [4.78, 5) is 33.2. The van der Waals surface area contributed by atoms with E-state index in [1.807, 2.05) is 0 Å². The first-order valence-electron chi connectivity index (χ1n) is 7.76. The lowest BCUT2D eigenvalue weighted by atomic mass is 9.99. The lowest BCUT2D eigenvalue weighted by molar-refractivity contribution is 0.177. The van der Waals surface area contributed by atoms with Crippen LogP contribution in [0.3, 0.4) is 0 Å². The molecule has 0 aliphatic carbocycles. The number of carbonyl (C=O) groups excluding carboxylic acids is 1. The van der Waals surface area contributed by atoms with E-state index in [9.17, 15) is 14.0 Å². The van der Waals surface area contributed by atoms with Crippen LogP contribution < -0.4 is 10.9 Å². The smallest absolute Gasteiger partial charge is 0.313 e. The molecule has 2 aliphatic heterocycles. The van der Waals surface area contributed by atoms with Crippen LogP contribution in [0.2, 0.25) is 10.0 Å². The Hall–Kier alpha value is -2.12. The number of nitrogens with zero attached hydrogens (tertiary/aromatic N) is 2. The van der Waals surface area contributed by atoms with Crippen LogP contribution in [0.1, 0.15) is 30.1 Å². The van der Waals surface area contributed by atoms with Gasteiger partial charge in [0.05, 0.1) is 33.8 Å². The molecule has 6 nitrogen and oxygen atoms in total. The van der Waals surface area contributed by atoms with Gasteiger partial charge in [0, 0.05) is 18.0 Å². The number of carbonyl (C=O) groups is 1. The summed E-state index contributed by atoms with van der Waals surface area (Å²) < 4.78 is 14.0. The van der Waals surface area contributed by atoms with Gasteiger partial charge in [0.2, 0.25) is 0 Å². The third-order valence-electron chi connectivity index (χ3n) is 4.73. The van der Waals surface area contributed by atoms with E-state index in [1.165, 1.54) is 12.4 Å². The lowest BCUT2D eigenvalue weighted by Crippen LogP contribution is -2.46. The van der Waals surface area contributed by atoms with Crippen molar-refractivity contribution in [2.45, 2.75) is 31.3 Å². The van der Waals surface area contributed by atoms with Crippen LogP contribution in [0, 0.1) is 5.82 Å². The van der Waals surface area contributed by atoms with Gasteiger partial charge in [0.25, 0.3) is 5.56 Å². The minimum atomic E-state index is -0.665. The van der Waals surface area contributed by atoms with Gasteiger partial charge in [-0.05, 0) is 25.0 Å². The van der Waals surface area contributed by atoms with Gasteiger partial charge in [-0.15, -0.1) is 0 Å². The van der Waals surface area contributed by atoms with E-state index < -0.39 is 11.8 Å². The van der Waals surface area contributed by atoms with E-state index in [4.69, 9.17) is 23.2 Å². The number of benzene rings is 1. The molecule has 2 unspecified atom stereocenters. The highest BCUT2D eigenvalue weighted by atomic mass is 35.5. The molecule has 25 heavy (non-hydrogen) atoms. The van der Waals surface area contributed by atoms with Crippen molar-refractivity contribution >= 4 is 34.9 Å². The Kier molecular flexibility index (Phi) is 3.92. The van der Waals surface area contributed by atoms with Gasteiger partial charge in [0.1, 0.15) is 5.82 Å². The summed E-state index contributed by atoms with van der Waals surface area (Å²) in [7, 11) is 0. The van der Waals surface area contributed by atoms with Crippen molar-refractivity contribution in [3.8, 4) is 0 Å². The maximum absolute atomic E-state index is 14.0. The molecule has 1 aromatic heterocycles. The summed E-state index contributed by atoms with van der Waals surface area (Å²) >= 11 is 11.7. The van der Waals surface area contributed by atoms with Gasteiger partial charge >= 0.3 is 6.03 Å². The highest BCUT2D eigenvalue weighted by Gasteiger charge is 2.44.